The zero-order chi connectivity index (χ0) is 12.1. The van der Waals surface area contributed by atoms with E-state index in [0.29, 0.717) is 17.9 Å². The fourth-order valence-electron chi connectivity index (χ4n) is 1.98. The number of nitrogen functional groups attached to an aromatic ring is 1. The van der Waals surface area contributed by atoms with Crippen LogP contribution in [0.3, 0.4) is 0 Å². The molecule has 2 heterocycles. The molecule has 0 atom stereocenters. The molecule has 0 bridgehead atoms. The van der Waals surface area contributed by atoms with Crippen LogP contribution in [0.1, 0.15) is 24.2 Å². The van der Waals surface area contributed by atoms with Gasteiger partial charge in [-0.25, -0.2) is 4.63 Å². The maximum absolute atomic E-state index is 7.29. The number of nitrogens with zero attached hydrogens (tertiary/aromatic N) is 3. The highest BCUT2D eigenvalue weighted by Crippen LogP contribution is 2.05. The van der Waals surface area contributed by atoms with Crippen LogP contribution >= 0.6 is 0 Å². The number of likely N-dealkylation sites (tertiary alicyclic amines) is 1. The Morgan fingerprint density at radius 3 is 2.88 bits per heavy atom. The Hall–Kier alpha value is -1.47. The Balaban J connectivity index is 1.70. The summed E-state index contributed by atoms with van der Waals surface area (Å²) in [4.78, 5) is 2.43. The van der Waals surface area contributed by atoms with Gasteiger partial charge in [0.2, 0.25) is 0 Å². The van der Waals surface area contributed by atoms with Crippen LogP contribution in [-0.2, 0) is 6.54 Å². The second-order valence-corrected chi connectivity index (χ2v) is 4.20. The number of aromatic nitrogens is 2. The van der Waals surface area contributed by atoms with Gasteiger partial charge in [-0.2, -0.15) is 0 Å². The third kappa shape index (κ3) is 3.24. The number of hydrogen-bond donors (Lipinski definition) is 3. The zero-order valence-electron chi connectivity index (χ0n) is 9.78. The maximum Gasteiger partial charge on any atom is 0.173 e. The van der Waals surface area contributed by atoms with Crippen molar-refractivity contribution in [1.29, 1.82) is 5.41 Å². The van der Waals surface area contributed by atoms with E-state index >= 15 is 0 Å². The summed E-state index contributed by atoms with van der Waals surface area (Å²) < 4.78 is 4.57. The lowest BCUT2D eigenvalue weighted by Crippen LogP contribution is -2.30. The minimum atomic E-state index is -0.109. The maximum atomic E-state index is 7.29. The Morgan fingerprint density at radius 2 is 2.18 bits per heavy atom. The van der Waals surface area contributed by atoms with E-state index < -0.39 is 0 Å². The van der Waals surface area contributed by atoms with E-state index in [1.54, 1.807) is 0 Å². The van der Waals surface area contributed by atoms with Crippen molar-refractivity contribution < 1.29 is 4.63 Å². The van der Waals surface area contributed by atoms with Crippen molar-refractivity contribution in [3.8, 4) is 0 Å². The van der Waals surface area contributed by atoms with Crippen LogP contribution in [0.2, 0.25) is 0 Å². The van der Waals surface area contributed by atoms with E-state index in [9.17, 15) is 0 Å². The van der Waals surface area contributed by atoms with Gasteiger partial charge in [-0.15, -0.1) is 0 Å². The highest BCUT2D eigenvalue weighted by molar-refractivity contribution is 5.93. The summed E-state index contributed by atoms with van der Waals surface area (Å²) in [7, 11) is 0. The largest absolute Gasteiger partial charge is 0.382 e. The van der Waals surface area contributed by atoms with Gasteiger partial charge in [0.15, 0.2) is 5.69 Å². The third-order valence-electron chi connectivity index (χ3n) is 2.91. The average Bonchev–Trinajstić information content (AvgIpc) is 2.95. The molecule has 0 saturated carbocycles. The van der Waals surface area contributed by atoms with Crippen LogP contribution in [0, 0.1) is 5.41 Å². The molecule has 1 aromatic heterocycles. The van der Waals surface area contributed by atoms with E-state index in [4.69, 9.17) is 11.1 Å². The topological polar surface area (TPSA) is 104 Å². The van der Waals surface area contributed by atoms with E-state index in [1.807, 2.05) is 0 Å². The number of nitrogens with two attached hydrogens (primary N) is 1. The van der Waals surface area contributed by atoms with Gasteiger partial charge in [-0.3, -0.25) is 5.41 Å². The number of amidine groups is 1. The molecule has 17 heavy (non-hydrogen) atoms. The first-order chi connectivity index (χ1) is 8.27. The van der Waals surface area contributed by atoms with Gasteiger partial charge in [0.05, 0.1) is 0 Å². The van der Waals surface area contributed by atoms with Gasteiger partial charge in [0.25, 0.3) is 0 Å². The smallest absolute Gasteiger partial charge is 0.173 e. The van der Waals surface area contributed by atoms with E-state index in [2.05, 4.69) is 25.2 Å². The molecule has 0 radical (unpaired) electrons. The molecule has 4 N–H and O–H groups in total. The van der Waals surface area contributed by atoms with Gasteiger partial charge >= 0.3 is 0 Å². The standard InChI is InChI=1S/C10H18N6O/c11-10(12)9-8(14-17-15-9)7-13-3-6-16-4-1-2-5-16/h13H,1-7H2,(H3,11,12). The highest BCUT2D eigenvalue weighted by Gasteiger charge is 2.13. The van der Waals surface area contributed by atoms with Crippen molar-refractivity contribution in [2.75, 3.05) is 26.2 Å². The third-order valence-corrected chi connectivity index (χ3v) is 2.91. The first-order valence-electron chi connectivity index (χ1n) is 5.86. The van der Waals surface area contributed by atoms with E-state index in [0.717, 1.165) is 13.1 Å². The van der Waals surface area contributed by atoms with Crippen molar-refractivity contribution in [3.63, 3.8) is 0 Å². The van der Waals surface area contributed by atoms with Gasteiger partial charge in [0.1, 0.15) is 11.5 Å². The van der Waals surface area contributed by atoms with E-state index in [1.165, 1.54) is 25.9 Å². The molecule has 7 heteroatoms. The van der Waals surface area contributed by atoms with Crippen LogP contribution in [0.4, 0.5) is 0 Å². The van der Waals surface area contributed by atoms with Crippen molar-refractivity contribution in [2.45, 2.75) is 19.4 Å². The summed E-state index contributed by atoms with van der Waals surface area (Å²) in [6.07, 6.45) is 2.61. The van der Waals surface area contributed by atoms with Crippen LogP contribution in [0.15, 0.2) is 4.63 Å². The average molecular weight is 238 g/mol. The fourth-order valence-corrected chi connectivity index (χ4v) is 1.98. The van der Waals surface area contributed by atoms with Crippen molar-refractivity contribution in [3.05, 3.63) is 11.4 Å². The quantitative estimate of drug-likeness (QED) is 0.352. The summed E-state index contributed by atoms with van der Waals surface area (Å²) in [5, 5.41) is 17.9. The van der Waals surface area contributed by atoms with Crippen LogP contribution < -0.4 is 11.1 Å². The zero-order valence-corrected chi connectivity index (χ0v) is 9.78. The number of nitrogens with one attached hydrogen (secondary N) is 2. The molecular weight excluding hydrogens is 220 g/mol. The van der Waals surface area contributed by atoms with Crippen molar-refractivity contribution in [2.24, 2.45) is 5.73 Å². The predicted molar refractivity (Wildman–Crippen MR) is 62.7 cm³/mol. The summed E-state index contributed by atoms with van der Waals surface area (Å²) in [6.45, 7) is 4.87. The Labute approximate surface area is 99.8 Å². The summed E-state index contributed by atoms with van der Waals surface area (Å²) in [5.74, 6) is -0.109. The normalized spacial score (nSPS) is 16.5. The molecule has 0 unspecified atom stereocenters. The Bertz CT molecular complexity index is 371. The lowest BCUT2D eigenvalue weighted by atomic mass is 10.3. The van der Waals surface area contributed by atoms with Gasteiger partial charge in [-0.05, 0) is 31.1 Å². The van der Waals surface area contributed by atoms with Crippen molar-refractivity contribution in [1.82, 2.24) is 20.5 Å². The predicted octanol–water partition coefficient (Wildman–Crippen LogP) is -0.461. The summed E-state index contributed by atoms with van der Waals surface area (Å²) in [6, 6.07) is 0. The van der Waals surface area contributed by atoms with Crippen molar-refractivity contribution >= 4 is 5.84 Å². The second-order valence-electron chi connectivity index (χ2n) is 4.20. The number of hydrogen-bond acceptors (Lipinski definition) is 6. The molecular formula is C10H18N6O. The van der Waals surface area contributed by atoms with Gasteiger partial charge < -0.3 is 16.0 Å². The highest BCUT2D eigenvalue weighted by atomic mass is 16.6. The van der Waals surface area contributed by atoms with Gasteiger partial charge in [-0.1, -0.05) is 5.16 Å². The molecule has 0 aromatic carbocycles. The lowest BCUT2D eigenvalue weighted by molar-refractivity contribution is 0.300. The summed E-state index contributed by atoms with van der Waals surface area (Å²) >= 11 is 0. The molecule has 0 aliphatic carbocycles. The molecule has 1 saturated heterocycles. The Kier molecular flexibility index (Phi) is 4.05. The Morgan fingerprint density at radius 1 is 1.41 bits per heavy atom. The van der Waals surface area contributed by atoms with Crippen LogP contribution in [0.25, 0.3) is 0 Å². The van der Waals surface area contributed by atoms with E-state index in [-0.39, 0.29) is 5.84 Å². The monoisotopic (exact) mass is 238 g/mol. The molecule has 2 rings (SSSR count). The molecule has 94 valence electrons. The van der Waals surface area contributed by atoms with Crippen LogP contribution in [-0.4, -0.2) is 47.2 Å². The molecule has 0 spiro atoms. The van der Waals surface area contributed by atoms with Gasteiger partial charge in [0, 0.05) is 19.6 Å². The first kappa shape index (κ1) is 12.0. The SMILES string of the molecule is N=C(N)c1nonc1CNCCN1CCCC1. The minimum Gasteiger partial charge on any atom is -0.382 e. The molecule has 1 aliphatic rings. The number of rotatable bonds is 6. The molecule has 1 aromatic rings. The first-order valence-corrected chi connectivity index (χ1v) is 5.86. The van der Waals surface area contributed by atoms with Crippen LogP contribution in [0.5, 0.6) is 0 Å². The minimum absolute atomic E-state index is 0.109. The summed E-state index contributed by atoms with van der Waals surface area (Å²) in [5.41, 5.74) is 6.28. The fraction of sp³-hybridized carbons (Fsp3) is 0.700. The molecule has 1 aliphatic heterocycles. The molecule has 1 fully saturated rings. The second kappa shape index (κ2) is 5.74. The molecule has 0 amide bonds. The lowest BCUT2D eigenvalue weighted by Gasteiger charge is -2.14. The molecule has 7 nitrogen and oxygen atoms in total.